The molecule has 3 aromatic rings. The number of aromatic nitrogens is 2. The number of hydrogen-bond acceptors (Lipinski definition) is 4. The lowest BCUT2D eigenvalue weighted by Crippen LogP contribution is -2.36. The van der Waals surface area contributed by atoms with Crippen LogP contribution < -0.4 is 4.72 Å². The summed E-state index contributed by atoms with van der Waals surface area (Å²) in [5.74, 6) is 0. The Balaban J connectivity index is 2.02. The number of hydrogen-bond donors (Lipinski definition) is 1. The van der Waals surface area contributed by atoms with Crippen molar-refractivity contribution >= 4 is 32.5 Å². The lowest BCUT2D eigenvalue weighted by Gasteiger charge is -2.23. The zero-order valence-electron chi connectivity index (χ0n) is 13.3. The van der Waals surface area contributed by atoms with Crippen LogP contribution in [0.25, 0.3) is 10.2 Å². The van der Waals surface area contributed by atoms with Gasteiger partial charge in [0.1, 0.15) is 4.83 Å². The maximum absolute atomic E-state index is 12.6. The highest BCUT2D eigenvalue weighted by atomic mass is 32.2. The van der Waals surface area contributed by atoms with Crippen LogP contribution in [0, 0.1) is 0 Å². The van der Waals surface area contributed by atoms with E-state index in [1.165, 1.54) is 0 Å². The topological polar surface area (TPSA) is 54.9 Å². The molecule has 120 valence electrons. The summed E-state index contributed by atoms with van der Waals surface area (Å²) in [6, 6.07) is 9.82. The summed E-state index contributed by atoms with van der Waals surface area (Å²) in [5.41, 5.74) is 0.997. The average molecular weight is 345 g/mol. The zero-order chi connectivity index (χ0) is 16.4. The molecule has 0 spiro atoms. The van der Waals surface area contributed by atoms with Gasteiger partial charge in [-0.2, -0.15) is 0 Å². The monoisotopic (exact) mass is 345 g/mol. The van der Waals surface area contributed by atoms with Crippen molar-refractivity contribution < 1.29 is 4.21 Å². The van der Waals surface area contributed by atoms with Crippen LogP contribution in [-0.4, -0.2) is 18.9 Å². The first-order valence-electron chi connectivity index (χ1n) is 7.37. The van der Waals surface area contributed by atoms with Gasteiger partial charge in [-0.25, -0.2) is 13.9 Å². The third-order valence-electron chi connectivity index (χ3n) is 3.40. The summed E-state index contributed by atoms with van der Waals surface area (Å²) in [7, 11) is -1.18. The molecule has 3 aromatic heterocycles. The summed E-state index contributed by atoms with van der Waals surface area (Å²) in [4.78, 5) is 10.7. The molecule has 0 aliphatic rings. The van der Waals surface area contributed by atoms with Gasteiger partial charge >= 0.3 is 0 Å². The largest absolute Gasteiger partial charge is 0.264 e. The van der Waals surface area contributed by atoms with Crippen molar-refractivity contribution in [3.8, 4) is 0 Å². The molecule has 6 heteroatoms. The predicted molar refractivity (Wildman–Crippen MR) is 96.7 cm³/mol. The molecule has 0 saturated heterocycles. The van der Waals surface area contributed by atoms with E-state index in [1.807, 2.05) is 51.2 Å². The van der Waals surface area contributed by atoms with Crippen molar-refractivity contribution in [1.29, 1.82) is 0 Å². The summed E-state index contributed by atoms with van der Waals surface area (Å²) in [5, 5.41) is 1.10. The van der Waals surface area contributed by atoms with Gasteiger partial charge in [-0.1, -0.05) is 12.1 Å². The van der Waals surface area contributed by atoms with Gasteiger partial charge in [-0.3, -0.25) is 4.98 Å². The smallest absolute Gasteiger partial charge is 0.123 e. The molecule has 2 atom stereocenters. The molecule has 1 N–H and O–H groups in total. The van der Waals surface area contributed by atoms with E-state index in [0.29, 0.717) is 0 Å². The van der Waals surface area contributed by atoms with Crippen molar-refractivity contribution in [3.63, 3.8) is 0 Å². The third kappa shape index (κ3) is 3.65. The molecule has 0 aliphatic heterocycles. The zero-order valence-corrected chi connectivity index (χ0v) is 14.9. The fraction of sp³-hybridized carbons (Fsp3) is 0.294. The number of nitrogens with one attached hydrogen (secondary N) is 1. The Morgan fingerprint density at radius 2 is 2.00 bits per heavy atom. The third-order valence-corrected chi connectivity index (χ3v) is 6.08. The average Bonchev–Trinajstić information content (AvgIpc) is 2.95. The van der Waals surface area contributed by atoms with Crippen molar-refractivity contribution in [2.45, 2.75) is 31.6 Å². The quantitative estimate of drug-likeness (QED) is 0.782. The van der Waals surface area contributed by atoms with E-state index in [9.17, 15) is 4.21 Å². The Labute approximate surface area is 142 Å². The second-order valence-electron chi connectivity index (χ2n) is 6.26. The van der Waals surface area contributed by atoms with E-state index in [0.717, 1.165) is 20.7 Å². The predicted octanol–water partition coefficient (Wildman–Crippen LogP) is 3.83. The van der Waals surface area contributed by atoms with Crippen molar-refractivity contribution in [2.75, 3.05) is 0 Å². The lowest BCUT2D eigenvalue weighted by atomic mass is 10.1. The molecular weight excluding hydrogens is 326 g/mol. The van der Waals surface area contributed by atoms with E-state index in [1.54, 1.807) is 23.7 Å². The molecule has 0 bridgehead atoms. The standard InChI is InChI=1S/C17H19N3OS2/c1-17(2,3)23(21)20-15(13-7-4-8-18-11-13)14-10-12-6-5-9-19-16(12)22-14/h4-11,15,20H,1-3H3. The molecule has 0 aromatic carbocycles. The van der Waals surface area contributed by atoms with Crippen LogP contribution in [0.5, 0.6) is 0 Å². The fourth-order valence-corrected chi connectivity index (χ4v) is 4.14. The normalized spacial score (nSPS) is 14.7. The van der Waals surface area contributed by atoms with Gasteiger partial charge in [-0.15, -0.1) is 11.3 Å². The Hall–Kier alpha value is -1.63. The molecule has 4 nitrogen and oxygen atoms in total. The van der Waals surface area contributed by atoms with Crippen LogP contribution in [0.4, 0.5) is 0 Å². The maximum Gasteiger partial charge on any atom is 0.123 e. The van der Waals surface area contributed by atoms with Gasteiger partial charge in [-0.05, 0) is 44.5 Å². The summed E-state index contributed by atoms with van der Waals surface area (Å²) in [6.45, 7) is 5.88. The Bertz CT molecular complexity index is 791. The summed E-state index contributed by atoms with van der Waals surface area (Å²) < 4.78 is 15.5. The number of thiophene rings is 1. The van der Waals surface area contributed by atoms with E-state index in [2.05, 4.69) is 20.8 Å². The van der Waals surface area contributed by atoms with E-state index in [4.69, 9.17) is 0 Å². The van der Waals surface area contributed by atoms with Crippen molar-refractivity contribution in [1.82, 2.24) is 14.7 Å². The summed E-state index contributed by atoms with van der Waals surface area (Å²) in [6.07, 6.45) is 5.35. The minimum absolute atomic E-state index is 0.164. The van der Waals surface area contributed by atoms with Gasteiger partial charge in [0.25, 0.3) is 0 Å². The first-order chi connectivity index (χ1) is 10.9. The van der Waals surface area contributed by atoms with Gasteiger partial charge < -0.3 is 0 Å². The van der Waals surface area contributed by atoms with Crippen LogP contribution in [0.3, 0.4) is 0 Å². The van der Waals surface area contributed by atoms with Crippen LogP contribution in [0.1, 0.15) is 37.3 Å². The summed E-state index contributed by atoms with van der Waals surface area (Å²) >= 11 is 1.62. The molecule has 2 unspecified atom stereocenters. The highest BCUT2D eigenvalue weighted by Gasteiger charge is 2.26. The van der Waals surface area contributed by atoms with Gasteiger partial charge in [0.05, 0.1) is 21.8 Å². The van der Waals surface area contributed by atoms with Crippen LogP contribution in [0.2, 0.25) is 0 Å². The van der Waals surface area contributed by atoms with Gasteiger partial charge in [0, 0.05) is 28.9 Å². The van der Waals surface area contributed by atoms with E-state index < -0.39 is 11.0 Å². The molecule has 0 amide bonds. The Kier molecular flexibility index (Phi) is 4.57. The van der Waals surface area contributed by atoms with Crippen LogP contribution in [-0.2, 0) is 11.0 Å². The molecule has 0 aliphatic carbocycles. The SMILES string of the molecule is CC(C)(C)S(=O)NC(c1cccnc1)c1cc2cccnc2s1. The first-order valence-corrected chi connectivity index (χ1v) is 9.34. The van der Waals surface area contributed by atoms with Crippen LogP contribution in [0.15, 0.2) is 48.9 Å². The minimum atomic E-state index is -1.18. The number of nitrogens with zero attached hydrogens (tertiary/aromatic N) is 2. The molecule has 3 rings (SSSR count). The number of pyridine rings is 2. The second-order valence-corrected chi connectivity index (χ2v) is 9.33. The van der Waals surface area contributed by atoms with Gasteiger partial charge in [0.15, 0.2) is 0 Å². The molecule has 0 fully saturated rings. The molecular formula is C17H19N3OS2. The molecule has 0 radical (unpaired) electrons. The van der Waals surface area contributed by atoms with E-state index in [-0.39, 0.29) is 10.8 Å². The van der Waals surface area contributed by atoms with E-state index >= 15 is 0 Å². The van der Waals surface area contributed by atoms with Crippen molar-refractivity contribution in [2.24, 2.45) is 0 Å². The highest BCUT2D eigenvalue weighted by molar-refractivity contribution is 7.84. The lowest BCUT2D eigenvalue weighted by molar-refractivity contribution is 0.625. The van der Waals surface area contributed by atoms with Crippen LogP contribution >= 0.6 is 11.3 Å². The fourth-order valence-electron chi connectivity index (χ4n) is 2.16. The number of fused-ring (bicyclic) bond motifs is 1. The Morgan fingerprint density at radius 1 is 1.22 bits per heavy atom. The second kappa shape index (κ2) is 6.47. The maximum atomic E-state index is 12.6. The molecule has 23 heavy (non-hydrogen) atoms. The number of rotatable bonds is 4. The highest BCUT2D eigenvalue weighted by Crippen LogP contribution is 2.32. The van der Waals surface area contributed by atoms with Crippen molar-refractivity contribution in [3.05, 3.63) is 59.4 Å². The molecule has 0 saturated carbocycles. The first kappa shape index (κ1) is 16.2. The van der Waals surface area contributed by atoms with Gasteiger partial charge in [0.2, 0.25) is 0 Å². The molecule has 3 heterocycles. The Morgan fingerprint density at radius 3 is 2.65 bits per heavy atom. The minimum Gasteiger partial charge on any atom is -0.264 e.